The molecule has 0 saturated carbocycles. The summed E-state index contributed by atoms with van der Waals surface area (Å²) in [5, 5.41) is 3.05. The fraction of sp³-hybridized carbons (Fsp3) is 0.100. The molecule has 5 heteroatoms. The first-order valence-corrected chi connectivity index (χ1v) is 7.98. The van der Waals surface area contributed by atoms with Crippen LogP contribution in [0.1, 0.15) is 11.3 Å². The number of nitrogens with zero attached hydrogens (tertiary/aromatic N) is 2. The van der Waals surface area contributed by atoms with Gasteiger partial charge in [-0.05, 0) is 67.9 Å². The third kappa shape index (κ3) is 4.81. The van der Waals surface area contributed by atoms with E-state index in [1.54, 1.807) is 0 Å². The molecule has 0 unspecified atom stereocenters. The number of pyridine rings is 1. The van der Waals surface area contributed by atoms with Crippen LogP contribution >= 0.6 is 0 Å². The Morgan fingerprint density at radius 1 is 0.960 bits per heavy atom. The number of para-hydroxylation sites is 1. The minimum absolute atomic E-state index is 0.286. The fourth-order valence-electron chi connectivity index (χ4n) is 2.41. The van der Waals surface area contributed by atoms with Gasteiger partial charge in [0.25, 0.3) is 0 Å². The van der Waals surface area contributed by atoms with Gasteiger partial charge in [-0.25, -0.2) is 4.98 Å². The van der Waals surface area contributed by atoms with E-state index in [0.29, 0.717) is 5.82 Å². The number of benzene rings is 2. The van der Waals surface area contributed by atoms with E-state index in [4.69, 9.17) is 10.5 Å². The Morgan fingerprint density at radius 2 is 1.64 bits per heavy atom. The Balaban J connectivity index is 1.67. The maximum atomic E-state index is 5.97. The summed E-state index contributed by atoms with van der Waals surface area (Å²) in [4.78, 5) is 8.66. The minimum Gasteiger partial charge on any atom is -0.457 e. The van der Waals surface area contributed by atoms with Crippen LogP contribution in [0.15, 0.2) is 71.7 Å². The first-order chi connectivity index (χ1) is 12.1. The van der Waals surface area contributed by atoms with E-state index in [1.165, 1.54) is 0 Å². The number of hydrogen-bond acceptors (Lipinski definition) is 3. The van der Waals surface area contributed by atoms with E-state index in [0.717, 1.165) is 28.4 Å². The molecule has 3 aromatic rings. The van der Waals surface area contributed by atoms with Gasteiger partial charge in [0.2, 0.25) is 0 Å². The summed E-state index contributed by atoms with van der Waals surface area (Å²) in [6.07, 6.45) is 0. The Bertz CT molecular complexity index is 854. The van der Waals surface area contributed by atoms with Gasteiger partial charge in [0.05, 0.1) is 0 Å². The zero-order valence-corrected chi connectivity index (χ0v) is 14.2. The van der Waals surface area contributed by atoms with Gasteiger partial charge in [0, 0.05) is 11.4 Å². The van der Waals surface area contributed by atoms with Gasteiger partial charge in [0.15, 0.2) is 11.8 Å². The molecule has 0 aliphatic rings. The second-order valence-electron chi connectivity index (χ2n) is 5.71. The number of guanidine groups is 1. The first kappa shape index (κ1) is 16.5. The van der Waals surface area contributed by atoms with Crippen LogP contribution in [0.2, 0.25) is 0 Å². The van der Waals surface area contributed by atoms with Crippen LogP contribution in [-0.4, -0.2) is 10.9 Å². The van der Waals surface area contributed by atoms with Crippen LogP contribution in [-0.2, 0) is 0 Å². The third-order valence-corrected chi connectivity index (χ3v) is 3.42. The topological polar surface area (TPSA) is 72.5 Å². The maximum absolute atomic E-state index is 5.97. The number of nitrogens with one attached hydrogen (secondary N) is 1. The highest BCUT2D eigenvalue weighted by Crippen LogP contribution is 2.22. The largest absolute Gasteiger partial charge is 0.457 e. The Labute approximate surface area is 147 Å². The maximum Gasteiger partial charge on any atom is 0.199 e. The molecule has 3 N–H and O–H groups in total. The number of anilines is 1. The lowest BCUT2D eigenvalue weighted by Crippen LogP contribution is -2.22. The standard InChI is InChI=1S/C20H20N4O/c1-14-12-15(2)22-19(13-14)24-20(21)23-16-8-10-18(11-9-16)25-17-6-4-3-5-7-17/h3-13H,1-2H3,(H3,21,22,23,24). The minimum atomic E-state index is 0.286. The lowest BCUT2D eigenvalue weighted by Gasteiger charge is -2.08. The summed E-state index contributed by atoms with van der Waals surface area (Å²) in [5.74, 6) is 2.43. The van der Waals surface area contributed by atoms with Crippen molar-refractivity contribution in [3.8, 4) is 11.5 Å². The van der Waals surface area contributed by atoms with E-state index in [1.807, 2.05) is 80.6 Å². The fourth-order valence-corrected chi connectivity index (χ4v) is 2.41. The van der Waals surface area contributed by atoms with Crippen molar-refractivity contribution in [2.75, 3.05) is 5.32 Å². The predicted molar refractivity (Wildman–Crippen MR) is 102 cm³/mol. The van der Waals surface area contributed by atoms with Gasteiger partial charge in [-0.1, -0.05) is 18.2 Å². The third-order valence-electron chi connectivity index (χ3n) is 3.42. The zero-order chi connectivity index (χ0) is 17.6. The first-order valence-electron chi connectivity index (χ1n) is 7.98. The lowest BCUT2D eigenvalue weighted by atomic mass is 10.2. The summed E-state index contributed by atoms with van der Waals surface area (Å²) in [6, 6.07) is 21.0. The molecule has 0 atom stereocenters. The molecule has 0 aliphatic carbocycles. The molecule has 1 heterocycles. The van der Waals surface area contributed by atoms with E-state index in [9.17, 15) is 0 Å². The molecule has 0 fully saturated rings. The lowest BCUT2D eigenvalue weighted by molar-refractivity contribution is 0.483. The van der Waals surface area contributed by atoms with E-state index in [-0.39, 0.29) is 5.96 Å². The molecule has 0 aliphatic heterocycles. The molecule has 25 heavy (non-hydrogen) atoms. The summed E-state index contributed by atoms with van der Waals surface area (Å²) in [6.45, 7) is 3.93. The molecular formula is C20H20N4O. The monoisotopic (exact) mass is 332 g/mol. The van der Waals surface area contributed by atoms with Crippen molar-refractivity contribution in [3.05, 3.63) is 78.0 Å². The smallest absolute Gasteiger partial charge is 0.199 e. The second-order valence-corrected chi connectivity index (χ2v) is 5.71. The molecular weight excluding hydrogens is 312 g/mol. The molecule has 126 valence electrons. The summed E-state index contributed by atoms with van der Waals surface area (Å²) >= 11 is 0. The van der Waals surface area contributed by atoms with Crippen LogP contribution in [0.4, 0.5) is 11.5 Å². The van der Waals surface area contributed by atoms with Gasteiger partial charge >= 0.3 is 0 Å². The van der Waals surface area contributed by atoms with Crippen molar-refractivity contribution >= 4 is 17.5 Å². The molecule has 2 aromatic carbocycles. The Morgan fingerprint density at radius 3 is 2.32 bits per heavy atom. The molecule has 1 aromatic heterocycles. The number of ether oxygens (including phenoxy) is 1. The molecule has 0 spiro atoms. The summed E-state index contributed by atoms with van der Waals surface area (Å²) in [7, 11) is 0. The molecule has 0 bridgehead atoms. The van der Waals surface area contributed by atoms with E-state index >= 15 is 0 Å². The van der Waals surface area contributed by atoms with Crippen molar-refractivity contribution in [2.45, 2.75) is 13.8 Å². The molecule has 0 radical (unpaired) electrons. The average Bonchev–Trinajstić information content (AvgIpc) is 2.56. The van der Waals surface area contributed by atoms with Crippen molar-refractivity contribution in [2.24, 2.45) is 10.7 Å². The van der Waals surface area contributed by atoms with Crippen LogP contribution in [0.3, 0.4) is 0 Å². The summed E-state index contributed by atoms with van der Waals surface area (Å²) in [5.41, 5.74) is 8.80. The van der Waals surface area contributed by atoms with Crippen molar-refractivity contribution in [1.82, 2.24) is 4.98 Å². The normalized spacial score (nSPS) is 11.2. The van der Waals surface area contributed by atoms with Crippen molar-refractivity contribution in [3.63, 3.8) is 0 Å². The van der Waals surface area contributed by atoms with Crippen LogP contribution < -0.4 is 15.8 Å². The number of aryl methyl sites for hydroxylation is 2. The van der Waals surface area contributed by atoms with Crippen molar-refractivity contribution < 1.29 is 4.74 Å². The second kappa shape index (κ2) is 7.49. The van der Waals surface area contributed by atoms with Crippen molar-refractivity contribution in [1.29, 1.82) is 0 Å². The highest BCUT2D eigenvalue weighted by molar-refractivity contribution is 5.93. The SMILES string of the molecule is Cc1cc(C)nc(/N=C(/N)Nc2ccc(Oc3ccccc3)cc2)c1. The molecule has 5 nitrogen and oxygen atoms in total. The Hall–Kier alpha value is -3.34. The number of aliphatic imine (C=N–C) groups is 1. The quantitative estimate of drug-likeness (QED) is 0.543. The van der Waals surface area contributed by atoms with Crippen LogP contribution in [0.25, 0.3) is 0 Å². The number of hydrogen-bond donors (Lipinski definition) is 2. The van der Waals surface area contributed by atoms with Crippen LogP contribution in [0, 0.1) is 13.8 Å². The summed E-state index contributed by atoms with van der Waals surface area (Å²) < 4.78 is 5.76. The highest BCUT2D eigenvalue weighted by atomic mass is 16.5. The molecule has 3 rings (SSSR count). The van der Waals surface area contributed by atoms with E-state index < -0.39 is 0 Å². The zero-order valence-electron chi connectivity index (χ0n) is 14.2. The van der Waals surface area contributed by atoms with Gasteiger partial charge in [-0.3, -0.25) is 0 Å². The van der Waals surface area contributed by atoms with Gasteiger partial charge in [-0.15, -0.1) is 0 Å². The predicted octanol–water partition coefficient (Wildman–Crippen LogP) is 4.55. The Kier molecular flexibility index (Phi) is 4.95. The number of nitrogens with two attached hydrogens (primary N) is 1. The van der Waals surface area contributed by atoms with Gasteiger partial charge in [0.1, 0.15) is 11.5 Å². The van der Waals surface area contributed by atoms with Gasteiger partial charge in [-0.2, -0.15) is 4.99 Å². The number of aromatic nitrogens is 1. The highest BCUT2D eigenvalue weighted by Gasteiger charge is 2.01. The van der Waals surface area contributed by atoms with Crippen LogP contribution in [0.5, 0.6) is 11.5 Å². The van der Waals surface area contributed by atoms with E-state index in [2.05, 4.69) is 15.3 Å². The van der Waals surface area contributed by atoms with Gasteiger partial charge < -0.3 is 15.8 Å². The molecule has 0 amide bonds. The number of rotatable bonds is 4. The molecule has 0 saturated heterocycles. The average molecular weight is 332 g/mol.